The van der Waals surface area contributed by atoms with Crippen LogP contribution in [0.3, 0.4) is 0 Å². The van der Waals surface area contributed by atoms with Crippen molar-refractivity contribution >= 4 is 34.8 Å². The Kier molecular flexibility index (Phi) is 3.82. The molecule has 15 heavy (non-hydrogen) atoms. The van der Waals surface area contributed by atoms with E-state index in [0.29, 0.717) is 15.4 Å². The second-order valence-corrected chi connectivity index (χ2v) is 5.52. The number of hydrogen-bond acceptors (Lipinski definition) is 0. The molecule has 0 heterocycles. The van der Waals surface area contributed by atoms with Crippen molar-refractivity contribution in [2.75, 3.05) is 0 Å². The van der Waals surface area contributed by atoms with Gasteiger partial charge in [-0.25, -0.2) is 0 Å². The Morgan fingerprint density at radius 2 is 1.93 bits per heavy atom. The lowest BCUT2D eigenvalue weighted by Gasteiger charge is -2.08. The Labute approximate surface area is 106 Å². The van der Waals surface area contributed by atoms with Crippen molar-refractivity contribution in [1.82, 2.24) is 0 Å². The van der Waals surface area contributed by atoms with Gasteiger partial charge in [-0.1, -0.05) is 29.3 Å². The van der Waals surface area contributed by atoms with Crippen LogP contribution in [0, 0.1) is 5.92 Å². The summed E-state index contributed by atoms with van der Waals surface area (Å²) in [5.74, 6) is 0.759. The van der Waals surface area contributed by atoms with E-state index in [1.165, 1.54) is 18.4 Å². The Hall–Kier alpha value is 0.0900. The minimum absolute atomic E-state index is 0.333. The summed E-state index contributed by atoms with van der Waals surface area (Å²) in [7, 11) is 0. The van der Waals surface area contributed by atoms with Gasteiger partial charge in [-0.05, 0) is 49.3 Å². The zero-order chi connectivity index (χ0) is 10.8. The van der Waals surface area contributed by atoms with E-state index in [4.69, 9.17) is 34.8 Å². The van der Waals surface area contributed by atoms with Crippen molar-refractivity contribution in [3.05, 3.63) is 33.8 Å². The predicted molar refractivity (Wildman–Crippen MR) is 67.1 cm³/mol. The fraction of sp³-hybridized carbons (Fsp3) is 0.500. The second kappa shape index (κ2) is 4.95. The maximum atomic E-state index is 6.24. The van der Waals surface area contributed by atoms with Crippen molar-refractivity contribution in [3.8, 4) is 0 Å². The number of alkyl halides is 1. The van der Waals surface area contributed by atoms with Crippen LogP contribution in [0.5, 0.6) is 0 Å². The Morgan fingerprint density at radius 3 is 2.53 bits per heavy atom. The molecule has 0 radical (unpaired) electrons. The molecule has 0 spiro atoms. The molecule has 0 aromatic heterocycles. The largest absolute Gasteiger partial charge is 0.123 e. The van der Waals surface area contributed by atoms with Gasteiger partial charge in [-0.3, -0.25) is 0 Å². The van der Waals surface area contributed by atoms with Gasteiger partial charge in [0, 0.05) is 5.38 Å². The molecule has 0 bridgehead atoms. The first-order valence-electron chi connectivity index (χ1n) is 5.25. The zero-order valence-corrected chi connectivity index (χ0v) is 10.6. The lowest BCUT2D eigenvalue weighted by molar-refractivity contribution is 0.676. The van der Waals surface area contributed by atoms with E-state index in [9.17, 15) is 0 Å². The molecule has 1 aliphatic carbocycles. The molecule has 0 aliphatic heterocycles. The van der Waals surface area contributed by atoms with E-state index < -0.39 is 0 Å². The summed E-state index contributed by atoms with van der Waals surface area (Å²) in [5.41, 5.74) is 1.22. The first-order valence-corrected chi connectivity index (χ1v) is 6.44. The fourth-order valence-electron chi connectivity index (χ4n) is 1.69. The fourth-order valence-corrected chi connectivity index (χ4v) is 2.38. The Balaban J connectivity index is 1.89. The molecule has 2 rings (SSSR count). The van der Waals surface area contributed by atoms with Crippen molar-refractivity contribution < 1.29 is 0 Å². The minimum atomic E-state index is 0.333. The Bertz CT molecular complexity index is 345. The smallest absolute Gasteiger partial charge is 0.0595 e. The molecule has 1 atom stereocenters. The summed E-state index contributed by atoms with van der Waals surface area (Å²) in [6, 6.07) is 5.80. The van der Waals surface area contributed by atoms with Gasteiger partial charge < -0.3 is 0 Å². The topological polar surface area (TPSA) is 0 Å². The maximum Gasteiger partial charge on any atom is 0.0595 e. The van der Waals surface area contributed by atoms with Crippen LogP contribution in [0.25, 0.3) is 0 Å². The summed E-state index contributed by atoms with van der Waals surface area (Å²) in [6.07, 6.45) is 4.62. The summed E-state index contributed by atoms with van der Waals surface area (Å²) >= 11 is 18.0. The molecule has 0 amide bonds. The van der Waals surface area contributed by atoms with Gasteiger partial charge in [-0.2, -0.15) is 0 Å². The molecule has 0 saturated heterocycles. The minimum Gasteiger partial charge on any atom is -0.123 e. The molecule has 1 saturated carbocycles. The van der Waals surface area contributed by atoms with Gasteiger partial charge in [0.05, 0.1) is 10.0 Å². The molecule has 1 fully saturated rings. The molecule has 1 aromatic carbocycles. The highest BCUT2D eigenvalue weighted by atomic mass is 35.5. The quantitative estimate of drug-likeness (QED) is 0.675. The Morgan fingerprint density at radius 1 is 1.20 bits per heavy atom. The third kappa shape index (κ3) is 3.27. The molecular weight excluding hydrogens is 250 g/mol. The van der Waals surface area contributed by atoms with Gasteiger partial charge in [0.2, 0.25) is 0 Å². The third-order valence-corrected chi connectivity index (χ3v) is 4.14. The highest BCUT2D eigenvalue weighted by Crippen LogP contribution is 2.37. The number of benzene rings is 1. The van der Waals surface area contributed by atoms with Gasteiger partial charge >= 0.3 is 0 Å². The van der Waals surface area contributed by atoms with E-state index in [0.717, 1.165) is 18.8 Å². The van der Waals surface area contributed by atoms with Crippen LogP contribution in [0.1, 0.15) is 24.8 Å². The first kappa shape index (κ1) is 11.6. The van der Waals surface area contributed by atoms with Crippen LogP contribution >= 0.6 is 34.8 Å². The summed E-state index contributed by atoms with van der Waals surface area (Å²) < 4.78 is 0. The summed E-state index contributed by atoms with van der Waals surface area (Å²) in [4.78, 5) is 0. The second-order valence-electron chi connectivity index (χ2n) is 4.14. The molecule has 1 aromatic rings. The lowest BCUT2D eigenvalue weighted by atomic mass is 10.1. The molecule has 3 heteroatoms. The van der Waals surface area contributed by atoms with Crippen LogP contribution in [0.15, 0.2) is 18.2 Å². The van der Waals surface area contributed by atoms with Crippen LogP contribution < -0.4 is 0 Å². The average Bonchev–Trinajstić information content (AvgIpc) is 3.03. The third-order valence-electron chi connectivity index (χ3n) is 2.83. The number of rotatable bonds is 4. The van der Waals surface area contributed by atoms with Crippen LogP contribution in [0.4, 0.5) is 0 Å². The lowest BCUT2D eigenvalue weighted by Crippen LogP contribution is -2.02. The molecule has 1 unspecified atom stereocenters. The molecule has 0 nitrogen and oxygen atoms in total. The van der Waals surface area contributed by atoms with Crippen molar-refractivity contribution in [2.24, 2.45) is 5.92 Å². The van der Waals surface area contributed by atoms with E-state index in [1.54, 1.807) is 0 Å². The van der Waals surface area contributed by atoms with Gasteiger partial charge in [0.15, 0.2) is 0 Å². The van der Waals surface area contributed by atoms with Gasteiger partial charge in [0.1, 0.15) is 0 Å². The van der Waals surface area contributed by atoms with E-state index in [1.807, 2.05) is 18.2 Å². The van der Waals surface area contributed by atoms with Crippen molar-refractivity contribution in [3.63, 3.8) is 0 Å². The predicted octanol–water partition coefficient (Wildman–Crippen LogP) is 4.94. The van der Waals surface area contributed by atoms with E-state index >= 15 is 0 Å². The number of halogens is 3. The molecule has 1 aliphatic rings. The summed E-state index contributed by atoms with van der Waals surface area (Å²) in [6.45, 7) is 0. The highest BCUT2D eigenvalue weighted by Gasteiger charge is 2.29. The first-order chi connectivity index (χ1) is 7.16. The van der Waals surface area contributed by atoms with E-state index in [-0.39, 0.29) is 0 Å². The molecule has 0 N–H and O–H groups in total. The number of hydrogen-bond donors (Lipinski definition) is 0. The molecular formula is C12H13Cl3. The van der Waals surface area contributed by atoms with Crippen LogP contribution in [-0.2, 0) is 6.42 Å². The van der Waals surface area contributed by atoms with Crippen molar-refractivity contribution in [2.45, 2.75) is 31.1 Å². The SMILES string of the molecule is Clc1ccc(CCC(Cl)C2CC2)cc1Cl. The summed E-state index contributed by atoms with van der Waals surface area (Å²) in [5, 5.41) is 1.58. The number of aryl methyl sites for hydroxylation is 1. The monoisotopic (exact) mass is 262 g/mol. The standard InChI is InChI=1S/C12H13Cl3/c13-10(9-3-4-9)5-1-8-2-6-11(14)12(15)7-8/h2,6-7,9-10H,1,3-5H2. The van der Waals surface area contributed by atoms with Gasteiger partial charge in [-0.15, -0.1) is 11.6 Å². The molecule has 82 valence electrons. The normalized spacial score (nSPS) is 17.8. The van der Waals surface area contributed by atoms with Crippen molar-refractivity contribution in [1.29, 1.82) is 0 Å². The highest BCUT2D eigenvalue weighted by molar-refractivity contribution is 6.42. The van der Waals surface area contributed by atoms with Crippen LogP contribution in [0.2, 0.25) is 10.0 Å². The van der Waals surface area contributed by atoms with Crippen LogP contribution in [-0.4, -0.2) is 5.38 Å². The zero-order valence-electron chi connectivity index (χ0n) is 8.35. The van der Waals surface area contributed by atoms with E-state index in [2.05, 4.69) is 0 Å². The maximum absolute atomic E-state index is 6.24. The average molecular weight is 264 g/mol. The van der Waals surface area contributed by atoms with Gasteiger partial charge in [0.25, 0.3) is 0 Å².